The number of ether oxygens (including phenoxy) is 5. The van der Waals surface area contributed by atoms with E-state index < -0.39 is 24.0 Å². The largest absolute Gasteiger partial charge is 0.465 e. The second-order valence-corrected chi connectivity index (χ2v) is 4.75. The van der Waals surface area contributed by atoms with Crippen LogP contribution in [0.5, 0.6) is 11.5 Å². The van der Waals surface area contributed by atoms with Gasteiger partial charge in [0.1, 0.15) is 6.10 Å². The van der Waals surface area contributed by atoms with Crippen LogP contribution in [0.1, 0.15) is 25.5 Å². The fourth-order valence-electron chi connectivity index (χ4n) is 2.36. The van der Waals surface area contributed by atoms with Gasteiger partial charge in [-0.3, -0.25) is 9.59 Å². The molecule has 1 aromatic rings. The maximum Gasteiger partial charge on any atom is 0.323 e. The van der Waals surface area contributed by atoms with Gasteiger partial charge in [-0.25, -0.2) is 0 Å². The van der Waals surface area contributed by atoms with Crippen LogP contribution in [0.4, 0.5) is 0 Å². The average Bonchev–Trinajstić information content (AvgIpc) is 3.00. The summed E-state index contributed by atoms with van der Waals surface area (Å²) < 4.78 is 26.0. The minimum absolute atomic E-state index is 0.135. The molecule has 0 aromatic heterocycles. The molecule has 1 heterocycles. The first kappa shape index (κ1) is 17.1. The van der Waals surface area contributed by atoms with Crippen molar-refractivity contribution in [3.05, 3.63) is 23.8 Å². The number of benzene rings is 1. The Morgan fingerprint density at radius 3 is 2.26 bits per heavy atom. The quantitative estimate of drug-likeness (QED) is 0.559. The van der Waals surface area contributed by atoms with E-state index in [9.17, 15) is 9.59 Å². The summed E-state index contributed by atoms with van der Waals surface area (Å²) >= 11 is 0. The highest BCUT2D eigenvalue weighted by atomic mass is 16.7. The Balaban J connectivity index is 2.32. The molecule has 1 aliphatic heterocycles. The van der Waals surface area contributed by atoms with E-state index in [0.717, 1.165) is 0 Å². The van der Waals surface area contributed by atoms with Gasteiger partial charge in [-0.15, -0.1) is 0 Å². The zero-order valence-corrected chi connectivity index (χ0v) is 13.4. The van der Waals surface area contributed by atoms with Crippen LogP contribution >= 0.6 is 0 Å². The smallest absolute Gasteiger partial charge is 0.323 e. The van der Waals surface area contributed by atoms with Crippen LogP contribution in [0, 0.1) is 5.92 Å². The lowest BCUT2D eigenvalue weighted by Gasteiger charge is -2.23. The fourth-order valence-corrected chi connectivity index (χ4v) is 2.36. The van der Waals surface area contributed by atoms with E-state index in [0.29, 0.717) is 17.1 Å². The average molecular weight is 324 g/mol. The number of fused-ring (bicyclic) bond motifs is 1. The second-order valence-electron chi connectivity index (χ2n) is 4.75. The Morgan fingerprint density at radius 2 is 1.70 bits per heavy atom. The van der Waals surface area contributed by atoms with Crippen LogP contribution in [0.15, 0.2) is 18.2 Å². The highest BCUT2D eigenvalue weighted by Crippen LogP contribution is 2.37. The number of methoxy groups -OCH3 is 1. The molecule has 2 rings (SSSR count). The first-order valence-corrected chi connectivity index (χ1v) is 7.38. The van der Waals surface area contributed by atoms with Crippen molar-refractivity contribution in [3.63, 3.8) is 0 Å². The van der Waals surface area contributed by atoms with Gasteiger partial charge in [0.2, 0.25) is 6.79 Å². The van der Waals surface area contributed by atoms with Crippen molar-refractivity contribution in [1.29, 1.82) is 0 Å². The summed E-state index contributed by atoms with van der Waals surface area (Å²) in [5.41, 5.74) is 0.600. The maximum atomic E-state index is 12.2. The normalized spacial score (nSPS) is 13.7. The third-order valence-electron chi connectivity index (χ3n) is 3.36. The van der Waals surface area contributed by atoms with Crippen molar-refractivity contribution in [1.82, 2.24) is 0 Å². The van der Waals surface area contributed by atoms with Crippen LogP contribution in [0.2, 0.25) is 0 Å². The number of carbonyl (C=O) groups excluding carboxylic acids is 2. The molecule has 0 saturated carbocycles. The Bertz CT molecular complexity index is 552. The molecule has 0 amide bonds. The molecule has 0 aliphatic carbocycles. The molecule has 7 nitrogen and oxygen atoms in total. The first-order chi connectivity index (χ1) is 11.1. The summed E-state index contributed by atoms with van der Waals surface area (Å²) in [6, 6.07) is 5.10. The van der Waals surface area contributed by atoms with Crippen molar-refractivity contribution in [2.45, 2.75) is 20.0 Å². The lowest BCUT2D eigenvalue weighted by Crippen LogP contribution is -2.34. The SMILES string of the molecule is CCOC(=O)C(C(=O)OCC)C(OC)c1ccc2c(c1)OCO2. The summed E-state index contributed by atoms with van der Waals surface area (Å²) in [5.74, 6) is -1.44. The number of carbonyl (C=O) groups is 2. The number of hydrogen-bond acceptors (Lipinski definition) is 7. The molecule has 0 bridgehead atoms. The zero-order valence-electron chi connectivity index (χ0n) is 13.4. The van der Waals surface area contributed by atoms with Crippen molar-refractivity contribution >= 4 is 11.9 Å². The highest BCUT2D eigenvalue weighted by Gasteiger charge is 2.39. The van der Waals surface area contributed by atoms with E-state index in [1.165, 1.54) is 7.11 Å². The van der Waals surface area contributed by atoms with Crippen LogP contribution in [-0.4, -0.2) is 39.1 Å². The number of rotatable bonds is 7. The molecule has 1 atom stereocenters. The topological polar surface area (TPSA) is 80.3 Å². The number of hydrogen-bond donors (Lipinski definition) is 0. The second kappa shape index (κ2) is 7.82. The zero-order chi connectivity index (χ0) is 16.8. The molecular weight excluding hydrogens is 304 g/mol. The molecule has 1 aliphatic rings. The summed E-state index contributed by atoms with van der Waals surface area (Å²) in [6.45, 7) is 3.79. The van der Waals surface area contributed by atoms with Crippen LogP contribution < -0.4 is 9.47 Å². The first-order valence-electron chi connectivity index (χ1n) is 7.38. The minimum atomic E-state index is -1.21. The summed E-state index contributed by atoms with van der Waals surface area (Å²) in [7, 11) is 1.42. The van der Waals surface area contributed by atoms with E-state index in [1.54, 1.807) is 32.0 Å². The van der Waals surface area contributed by atoms with Gasteiger partial charge in [-0.05, 0) is 31.5 Å². The maximum absolute atomic E-state index is 12.2. The van der Waals surface area contributed by atoms with Crippen molar-refractivity contribution in [2.75, 3.05) is 27.1 Å². The molecule has 1 aromatic carbocycles. The molecule has 7 heteroatoms. The lowest BCUT2D eigenvalue weighted by atomic mass is 9.95. The molecule has 126 valence electrons. The van der Waals surface area contributed by atoms with Gasteiger partial charge >= 0.3 is 11.9 Å². The van der Waals surface area contributed by atoms with Crippen molar-refractivity contribution in [2.24, 2.45) is 5.92 Å². The Morgan fingerprint density at radius 1 is 1.09 bits per heavy atom. The number of esters is 2. The molecule has 0 saturated heterocycles. The molecule has 0 spiro atoms. The Hall–Kier alpha value is -2.28. The molecule has 0 N–H and O–H groups in total. The molecular formula is C16H20O7. The predicted molar refractivity (Wildman–Crippen MR) is 79.1 cm³/mol. The van der Waals surface area contributed by atoms with Crippen LogP contribution in [0.3, 0.4) is 0 Å². The van der Waals surface area contributed by atoms with Gasteiger partial charge in [0, 0.05) is 7.11 Å². The molecule has 1 unspecified atom stereocenters. The summed E-state index contributed by atoms with van der Waals surface area (Å²) in [6.07, 6.45) is -0.845. The van der Waals surface area contributed by atoms with E-state index in [2.05, 4.69) is 0 Å². The molecule has 0 radical (unpaired) electrons. The third-order valence-corrected chi connectivity index (χ3v) is 3.36. The molecule has 0 fully saturated rings. The van der Waals surface area contributed by atoms with Crippen LogP contribution in [0.25, 0.3) is 0 Å². The minimum Gasteiger partial charge on any atom is -0.465 e. The van der Waals surface area contributed by atoms with Gasteiger partial charge in [-0.2, -0.15) is 0 Å². The van der Waals surface area contributed by atoms with Gasteiger partial charge in [-0.1, -0.05) is 6.07 Å². The lowest BCUT2D eigenvalue weighted by molar-refractivity contribution is -0.168. The standard InChI is InChI=1S/C16H20O7/c1-4-20-15(17)13(16(18)21-5-2)14(19-3)10-6-7-11-12(8-10)23-9-22-11/h6-8,13-14H,4-5,9H2,1-3H3. The Labute approximate surface area is 134 Å². The molecule has 23 heavy (non-hydrogen) atoms. The van der Waals surface area contributed by atoms with Gasteiger partial charge in [0.05, 0.1) is 13.2 Å². The van der Waals surface area contributed by atoms with Crippen LogP contribution in [-0.2, 0) is 23.8 Å². The van der Waals surface area contributed by atoms with E-state index in [1.807, 2.05) is 0 Å². The monoisotopic (exact) mass is 324 g/mol. The third kappa shape index (κ3) is 3.73. The summed E-state index contributed by atoms with van der Waals surface area (Å²) in [4.78, 5) is 24.4. The highest BCUT2D eigenvalue weighted by molar-refractivity contribution is 5.95. The summed E-state index contributed by atoms with van der Waals surface area (Å²) in [5, 5.41) is 0. The van der Waals surface area contributed by atoms with Crippen molar-refractivity contribution < 1.29 is 33.3 Å². The fraction of sp³-hybridized carbons (Fsp3) is 0.500. The van der Waals surface area contributed by atoms with Gasteiger partial charge < -0.3 is 23.7 Å². The van der Waals surface area contributed by atoms with Gasteiger partial charge in [0.15, 0.2) is 17.4 Å². The van der Waals surface area contributed by atoms with E-state index in [4.69, 9.17) is 23.7 Å². The van der Waals surface area contributed by atoms with E-state index >= 15 is 0 Å². The predicted octanol–water partition coefficient (Wildman–Crippen LogP) is 1.85. The Kier molecular flexibility index (Phi) is 5.81. The van der Waals surface area contributed by atoms with E-state index in [-0.39, 0.29) is 20.0 Å². The van der Waals surface area contributed by atoms with Gasteiger partial charge in [0.25, 0.3) is 0 Å². The van der Waals surface area contributed by atoms with Crippen molar-refractivity contribution in [3.8, 4) is 11.5 Å².